The predicted molar refractivity (Wildman–Crippen MR) is 132 cm³/mol. The quantitative estimate of drug-likeness (QED) is 0.406. The van der Waals surface area contributed by atoms with E-state index >= 15 is 0 Å². The number of nitrogens with zero attached hydrogens (tertiary/aromatic N) is 1. The molecule has 0 aliphatic carbocycles. The van der Waals surface area contributed by atoms with Crippen molar-refractivity contribution >= 4 is 56.6 Å². The van der Waals surface area contributed by atoms with Gasteiger partial charge < -0.3 is 5.32 Å². The molecule has 0 aromatic heterocycles. The molecule has 0 saturated carbocycles. The van der Waals surface area contributed by atoms with Gasteiger partial charge in [0, 0.05) is 21.5 Å². The van der Waals surface area contributed by atoms with Gasteiger partial charge in [-0.05, 0) is 67.3 Å². The first-order chi connectivity index (χ1) is 15.2. The van der Waals surface area contributed by atoms with E-state index in [-0.39, 0.29) is 18.0 Å². The number of hydrogen-bond donors (Lipinski definition) is 1. The summed E-state index contributed by atoms with van der Waals surface area (Å²) < 4.78 is 28.0. The SMILES string of the molecule is CSc1ccc(S(=O)(=O)N(CC(=O)NCc2ccc(Cl)cc2Cl)c2ccc(C)cc2)cc1. The summed E-state index contributed by atoms with van der Waals surface area (Å²) >= 11 is 13.6. The highest BCUT2D eigenvalue weighted by Gasteiger charge is 2.27. The Balaban J connectivity index is 1.85. The van der Waals surface area contributed by atoms with Gasteiger partial charge in [-0.1, -0.05) is 47.0 Å². The van der Waals surface area contributed by atoms with E-state index < -0.39 is 15.9 Å². The molecule has 5 nitrogen and oxygen atoms in total. The monoisotopic (exact) mass is 508 g/mol. The van der Waals surface area contributed by atoms with Gasteiger partial charge in [-0.25, -0.2) is 8.42 Å². The molecule has 0 aliphatic heterocycles. The van der Waals surface area contributed by atoms with Crippen LogP contribution < -0.4 is 9.62 Å². The lowest BCUT2D eigenvalue weighted by atomic mass is 10.2. The summed E-state index contributed by atoms with van der Waals surface area (Å²) in [6, 6.07) is 18.6. The number of thioether (sulfide) groups is 1. The summed E-state index contributed by atoms with van der Waals surface area (Å²) in [5.41, 5.74) is 2.07. The van der Waals surface area contributed by atoms with Crippen molar-refractivity contribution in [3.63, 3.8) is 0 Å². The number of benzene rings is 3. The average Bonchev–Trinajstić information content (AvgIpc) is 2.77. The van der Waals surface area contributed by atoms with E-state index in [1.165, 1.54) is 11.8 Å². The Labute approximate surface area is 202 Å². The second-order valence-corrected chi connectivity index (χ2v) is 10.6. The lowest BCUT2D eigenvalue weighted by Gasteiger charge is -2.24. The number of anilines is 1. The predicted octanol–water partition coefficient (Wildman–Crippen LogP) is 5.54. The van der Waals surface area contributed by atoms with Crippen molar-refractivity contribution in [2.24, 2.45) is 0 Å². The van der Waals surface area contributed by atoms with Crippen molar-refractivity contribution in [3.05, 3.63) is 87.9 Å². The largest absolute Gasteiger partial charge is 0.350 e. The number of carbonyl (C=O) groups is 1. The van der Waals surface area contributed by atoms with Gasteiger partial charge in [-0.15, -0.1) is 11.8 Å². The Morgan fingerprint density at radius 2 is 1.66 bits per heavy atom. The van der Waals surface area contributed by atoms with E-state index in [9.17, 15) is 13.2 Å². The van der Waals surface area contributed by atoms with Gasteiger partial charge in [0.15, 0.2) is 0 Å². The Hall–Kier alpha value is -2.19. The first-order valence-corrected chi connectivity index (χ1v) is 13.1. The summed E-state index contributed by atoms with van der Waals surface area (Å²) in [4.78, 5) is 13.8. The summed E-state index contributed by atoms with van der Waals surface area (Å²) in [6.45, 7) is 1.69. The fourth-order valence-electron chi connectivity index (χ4n) is 2.95. The van der Waals surface area contributed by atoms with E-state index in [0.717, 1.165) is 14.8 Å². The van der Waals surface area contributed by atoms with E-state index in [2.05, 4.69) is 5.32 Å². The van der Waals surface area contributed by atoms with Crippen LogP contribution in [0.15, 0.2) is 76.5 Å². The van der Waals surface area contributed by atoms with Crippen molar-refractivity contribution < 1.29 is 13.2 Å². The standard InChI is InChI=1S/C23H22Cl2N2O3S2/c1-16-3-7-19(8-4-16)27(32(29,30)21-11-9-20(31-2)10-12-21)15-23(28)26-14-17-5-6-18(24)13-22(17)25/h3-13H,14-15H2,1-2H3,(H,26,28). The van der Waals surface area contributed by atoms with E-state index in [4.69, 9.17) is 23.2 Å². The first-order valence-electron chi connectivity index (χ1n) is 9.65. The van der Waals surface area contributed by atoms with Crippen molar-refractivity contribution in [3.8, 4) is 0 Å². The smallest absolute Gasteiger partial charge is 0.264 e. The third-order valence-electron chi connectivity index (χ3n) is 4.75. The first kappa shape index (κ1) is 24.5. The molecular weight excluding hydrogens is 487 g/mol. The van der Waals surface area contributed by atoms with Gasteiger partial charge in [-0.3, -0.25) is 9.10 Å². The fraction of sp³-hybridized carbons (Fsp3) is 0.174. The highest BCUT2D eigenvalue weighted by atomic mass is 35.5. The van der Waals surface area contributed by atoms with Crippen LogP contribution in [0.1, 0.15) is 11.1 Å². The van der Waals surface area contributed by atoms with Crippen LogP contribution in [-0.2, 0) is 21.4 Å². The number of amides is 1. The molecule has 0 atom stereocenters. The zero-order valence-corrected chi connectivity index (χ0v) is 20.7. The Bertz CT molecular complexity index is 1200. The van der Waals surface area contributed by atoms with Gasteiger partial charge >= 0.3 is 0 Å². The molecule has 0 bridgehead atoms. The maximum Gasteiger partial charge on any atom is 0.264 e. The van der Waals surface area contributed by atoms with Crippen LogP contribution in [0.4, 0.5) is 5.69 Å². The Morgan fingerprint density at radius 3 is 2.25 bits per heavy atom. The van der Waals surface area contributed by atoms with Crippen molar-refractivity contribution in [1.29, 1.82) is 0 Å². The van der Waals surface area contributed by atoms with Crippen LogP contribution in [-0.4, -0.2) is 27.1 Å². The molecule has 3 rings (SSSR count). The maximum absolute atomic E-state index is 13.4. The maximum atomic E-state index is 13.4. The Kier molecular flexibility index (Phi) is 8.11. The molecule has 32 heavy (non-hydrogen) atoms. The fourth-order valence-corrected chi connectivity index (χ4v) is 5.25. The Morgan fingerprint density at radius 1 is 1.00 bits per heavy atom. The molecule has 168 valence electrons. The van der Waals surface area contributed by atoms with Crippen molar-refractivity contribution in [1.82, 2.24) is 5.32 Å². The number of carbonyl (C=O) groups excluding carboxylic acids is 1. The minimum atomic E-state index is -3.96. The summed E-state index contributed by atoms with van der Waals surface area (Å²) in [6.07, 6.45) is 1.92. The highest BCUT2D eigenvalue weighted by molar-refractivity contribution is 7.98. The van der Waals surface area contributed by atoms with Gasteiger partial charge in [0.1, 0.15) is 6.54 Å². The number of aryl methyl sites for hydroxylation is 1. The van der Waals surface area contributed by atoms with Crippen LogP contribution in [0, 0.1) is 6.92 Å². The second kappa shape index (κ2) is 10.6. The zero-order chi connectivity index (χ0) is 23.3. The molecule has 0 fully saturated rings. The number of hydrogen-bond acceptors (Lipinski definition) is 4. The summed E-state index contributed by atoms with van der Waals surface area (Å²) in [5.74, 6) is -0.457. The van der Waals surface area contributed by atoms with Crippen LogP contribution in [0.25, 0.3) is 0 Å². The van der Waals surface area contributed by atoms with Crippen molar-refractivity contribution in [2.45, 2.75) is 23.3 Å². The molecule has 1 N–H and O–H groups in total. The van der Waals surface area contributed by atoms with E-state index in [0.29, 0.717) is 21.3 Å². The van der Waals surface area contributed by atoms with Crippen LogP contribution in [0.2, 0.25) is 10.0 Å². The number of halogens is 2. The van der Waals surface area contributed by atoms with Crippen molar-refractivity contribution in [2.75, 3.05) is 17.1 Å². The molecule has 0 heterocycles. The molecule has 0 spiro atoms. The number of nitrogens with one attached hydrogen (secondary N) is 1. The second-order valence-electron chi connectivity index (χ2n) is 7.04. The van der Waals surface area contributed by atoms with E-state index in [1.807, 2.05) is 13.2 Å². The lowest BCUT2D eigenvalue weighted by Crippen LogP contribution is -2.40. The number of sulfonamides is 1. The third-order valence-corrected chi connectivity index (χ3v) is 7.87. The molecule has 3 aromatic carbocycles. The van der Waals surface area contributed by atoms with Crippen LogP contribution in [0.5, 0.6) is 0 Å². The molecule has 0 unspecified atom stereocenters. The zero-order valence-electron chi connectivity index (χ0n) is 17.5. The molecular formula is C23H22Cl2N2O3S2. The highest BCUT2D eigenvalue weighted by Crippen LogP contribution is 2.26. The van der Waals surface area contributed by atoms with Crippen LogP contribution >= 0.6 is 35.0 Å². The minimum absolute atomic E-state index is 0.115. The average molecular weight is 509 g/mol. The third kappa shape index (κ3) is 5.98. The molecule has 0 aliphatic rings. The van der Waals surface area contributed by atoms with Gasteiger partial charge in [0.2, 0.25) is 5.91 Å². The van der Waals surface area contributed by atoms with Gasteiger partial charge in [-0.2, -0.15) is 0 Å². The minimum Gasteiger partial charge on any atom is -0.350 e. The lowest BCUT2D eigenvalue weighted by molar-refractivity contribution is -0.119. The molecule has 0 radical (unpaired) electrons. The molecule has 9 heteroatoms. The number of rotatable bonds is 8. The molecule has 3 aromatic rings. The summed E-state index contributed by atoms with van der Waals surface area (Å²) in [7, 11) is -3.96. The van der Waals surface area contributed by atoms with E-state index in [1.54, 1.807) is 66.7 Å². The van der Waals surface area contributed by atoms with Gasteiger partial charge in [0.25, 0.3) is 10.0 Å². The van der Waals surface area contributed by atoms with Gasteiger partial charge in [0.05, 0.1) is 10.6 Å². The topological polar surface area (TPSA) is 66.5 Å². The summed E-state index contributed by atoms with van der Waals surface area (Å²) in [5, 5.41) is 3.66. The normalized spacial score (nSPS) is 11.2. The van der Waals surface area contributed by atoms with Crippen LogP contribution in [0.3, 0.4) is 0 Å². The molecule has 1 amide bonds. The molecule has 0 saturated heterocycles.